The molecular weight excluding hydrogens is 278 g/mol. The Morgan fingerprint density at radius 3 is 2.90 bits per heavy atom. The number of rotatable bonds is 3. The van der Waals surface area contributed by atoms with Crippen molar-refractivity contribution in [2.45, 2.75) is 17.9 Å². The Balaban J connectivity index is 2.26. The van der Waals surface area contributed by atoms with E-state index in [-0.39, 0.29) is 17.6 Å². The monoisotopic (exact) mass is 295 g/mol. The van der Waals surface area contributed by atoms with Gasteiger partial charge in [0.05, 0.1) is 9.82 Å². The third-order valence-corrected chi connectivity index (χ3v) is 4.06. The van der Waals surface area contributed by atoms with Gasteiger partial charge in [-0.05, 0) is 25.3 Å². The smallest absolute Gasteiger partial charge is 0.283 e. The first-order valence-corrected chi connectivity index (χ1v) is 7.60. The van der Waals surface area contributed by atoms with E-state index in [9.17, 15) is 14.9 Å². The molecule has 1 aliphatic heterocycles. The molecule has 20 heavy (non-hydrogen) atoms. The van der Waals surface area contributed by atoms with Crippen LogP contribution in [-0.2, 0) is 0 Å². The quantitative estimate of drug-likeness (QED) is 0.522. The van der Waals surface area contributed by atoms with Gasteiger partial charge in [-0.25, -0.2) is 0 Å². The molecule has 2 rings (SSSR count). The van der Waals surface area contributed by atoms with E-state index in [1.165, 1.54) is 17.8 Å². The maximum atomic E-state index is 12.4. The number of thioether (sulfide) groups is 1. The fraction of sp³-hybridized carbons (Fsp3) is 0.462. The van der Waals surface area contributed by atoms with Crippen molar-refractivity contribution in [2.24, 2.45) is 0 Å². The number of piperazine rings is 1. The average Bonchev–Trinajstić information content (AvgIpc) is 2.45. The van der Waals surface area contributed by atoms with E-state index in [1.54, 1.807) is 23.3 Å². The maximum absolute atomic E-state index is 12.4. The zero-order valence-corrected chi connectivity index (χ0v) is 12.3. The number of carbonyl (C=O) groups excluding carboxylic acids is 1. The highest BCUT2D eigenvalue weighted by Gasteiger charge is 2.24. The van der Waals surface area contributed by atoms with Gasteiger partial charge in [0.15, 0.2) is 0 Å². The number of nitrogens with zero attached hydrogens (tertiary/aromatic N) is 2. The van der Waals surface area contributed by atoms with E-state index in [4.69, 9.17) is 0 Å². The van der Waals surface area contributed by atoms with Gasteiger partial charge in [0.1, 0.15) is 0 Å². The molecule has 0 spiro atoms. The summed E-state index contributed by atoms with van der Waals surface area (Å²) in [6.45, 7) is 4.01. The standard InChI is InChI=1S/C13H17N3O3S/c1-9-8-15(6-5-14-9)13(17)10-3-4-12(20-2)11(7-10)16(18)19/h3-4,7,9,14H,5-6,8H2,1-2H3. The normalized spacial score (nSPS) is 18.9. The van der Waals surface area contributed by atoms with E-state index in [0.29, 0.717) is 23.5 Å². The third-order valence-electron chi connectivity index (χ3n) is 3.28. The van der Waals surface area contributed by atoms with Crippen LogP contribution in [0.3, 0.4) is 0 Å². The second kappa shape index (κ2) is 6.23. The van der Waals surface area contributed by atoms with Crippen LogP contribution < -0.4 is 5.32 Å². The van der Waals surface area contributed by atoms with Gasteiger partial charge in [-0.3, -0.25) is 14.9 Å². The summed E-state index contributed by atoms with van der Waals surface area (Å²) in [4.78, 5) is 25.3. The molecule has 1 unspecified atom stereocenters. The number of hydrogen-bond acceptors (Lipinski definition) is 5. The molecule has 1 aliphatic rings. The van der Waals surface area contributed by atoms with Crippen LogP contribution in [0.1, 0.15) is 17.3 Å². The predicted octanol–water partition coefficient (Wildman–Crippen LogP) is 1.75. The average molecular weight is 295 g/mol. The molecule has 0 aromatic heterocycles. The van der Waals surface area contributed by atoms with Crippen molar-refractivity contribution in [3.05, 3.63) is 33.9 Å². The second-order valence-corrected chi connectivity index (χ2v) is 5.60. The molecule has 1 aromatic carbocycles. The largest absolute Gasteiger partial charge is 0.336 e. The number of carbonyl (C=O) groups is 1. The SMILES string of the molecule is CSc1ccc(C(=O)N2CCNC(C)C2)cc1[N+](=O)[O-]. The topological polar surface area (TPSA) is 75.5 Å². The lowest BCUT2D eigenvalue weighted by molar-refractivity contribution is -0.387. The number of hydrogen-bond donors (Lipinski definition) is 1. The zero-order chi connectivity index (χ0) is 14.7. The molecule has 0 saturated carbocycles. The molecular formula is C13H17N3O3S. The fourth-order valence-corrected chi connectivity index (χ4v) is 2.81. The fourth-order valence-electron chi connectivity index (χ4n) is 2.27. The van der Waals surface area contributed by atoms with Crippen molar-refractivity contribution in [2.75, 3.05) is 25.9 Å². The van der Waals surface area contributed by atoms with E-state index in [0.717, 1.165) is 6.54 Å². The predicted molar refractivity (Wildman–Crippen MR) is 78.2 cm³/mol. The number of nitro groups is 1. The highest BCUT2D eigenvalue weighted by molar-refractivity contribution is 7.98. The Morgan fingerprint density at radius 2 is 2.30 bits per heavy atom. The number of benzene rings is 1. The lowest BCUT2D eigenvalue weighted by Gasteiger charge is -2.31. The lowest BCUT2D eigenvalue weighted by atomic mass is 10.1. The minimum Gasteiger partial charge on any atom is -0.336 e. The van der Waals surface area contributed by atoms with E-state index >= 15 is 0 Å². The summed E-state index contributed by atoms with van der Waals surface area (Å²) in [5.41, 5.74) is 0.370. The zero-order valence-electron chi connectivity index (χ0n) is 11.5. The molecule has 1 N–H and O–H groups in total. The molecule has 0 radical (unpaired) electrons. The molecule has 1 amide bonds. The highest BCUT2D eigenvalue weighted by Crippen LogP contribution is 2.28. The molecule has 1 aromatic rings. The van der Waals surface area contributed by atoms with Crippen molar-refractivity contribution in [3.8, 4) is 0 Å². The van der Waals surface area contributed by atoms with E-state index < -0.39 is 4.92 Å². The molecule has 0 aliphatic carbocycles. The van der Waals surface area contributed by atoms with Gasteiger partial charge >= 0.3 is 0 Å². The summed E-state index contributed by atoms with van der Waals surface area (Å²) >= 11 is 1.30. The summed E-state index contributed by atoms with van der Waals surface area (Å²) in [5.74, 6) is -0.144. The van der Waals surface area contributed by atoms with Crippen LogP contribution in [0.5, 0.6) is 0 Å². The van der Waals surface area contributed by atoms with Gasteiger partial charge in [0.2, 0.25) is 0 Å². The first kappa shape index (κ1) is 14.8. The number of nitrogens with one attached hydrogen (secondary N) is 1. The maximum Gasteiger partial charge on any atom is 0.283 e. The van der Waals surface area contributed by atoms with Gasteiger partial charge in [0.25, 0.3) is 11.6 Å². The van der Waals surface area contributed by atoms with Crippen molar-refractivity contribution in [3.63, 3.8) is 0 Å². The van der Waals surface area contributed by atoms with Crippen LogP contribution in [0, 0.1) is 10.1 Å². The molecule has 7 heteroatoms. The van der Waals surface area contributed by atoms with Crippen LogP contribution in [0.25, 0.3) is 0 Å². The van der Waals surface area contributed by atoms with Crippen molar-refractivity contribution < 1.29 is 9.72 Å². The van der Waals surface area contributed by atoms with Crippen LogP contribution >= 0.6 is 11.8 Å². The van der Waals surface area contributed by atoms with Gasteiger partial charge < -0.3 is 10.2 Å². The highest BCUT2D eigenvalue weighted by atomic mass is 32.2. The van der Waals surface area contributed by atoms with Crippen LogP contribution in [-0.4, -0.2) is 47.7 Å². The summed E-state index contributed by atoms with van der Waals surface area (Å²) < 4.78 is 0. The van der Waals surface area contributed by atoms with Crippen LogP contribution in [0.4, 0.5) is 5.69 Å². The summed E-state index contributed by atoms with van der Waals surface area (Å²) in [6, 6.07) is 4.92. The second-order valence-electron chi connectivity index (χ2n) is 4.75. The Morgan fingerprint density at radius 1 is 1.55 bits per heavy atom. The van der Waals surface area contributed by atoms with Crippen molar-refractivity contribution in [1.82, 2.24) is 10.2 Å². The minimum atomic E-state index is -0.441. The first-order valence-electron chi connectivity index (χ1n) is 6.38. The van der Waals surface area contributed by atoms with Crippen LogP contribution in [0.2, 0.25) is 0 Å². The summed E-state index contributed by atoms with van der Waals surface area (Å²) in [5, 5.41) is 14.3. The minimum absolute atomic E-state index is 0.00784. The van der Waals surface area contributed by atoms with E-state index in [1.807, 2.05) is 6.92 Å². The molecule has 6 nitrogen and oxygen atoms in total. The molecule has 1 atom stereocenters. The van der Waals surface area contributed by atoms with Crippen molar-refractivity contribution >= 4 is 23.4 Å². The Hall–Kier alpha value is -1.60. The first-order chi connectivity index (χ1) is 9.52. The van der Waals surface area contributed by atoms with Gasteiger partial charge in [-0.1, -0.05) is 0 Å². The Bertz CT molecular complexity index is 536. The van der Waals surface area contributed by atoms with E-state index in [2.05, 4.69) is 5.32 Å². The number of amides is 1. The number of nitro benzene ring substituents is 1. The van der Waals surface area contributed by atoms with Gasteiger partial charge in [-0.2, -0.15) is 0 Å². The van der Waals surface area contributed by atoms with Gasteiger partial charge in [-0.15, -0.1) is 11.8 Å². The van der Waals surface area contributed by atoms with Crippen LogP contribution in [0.15, 0.2) is 23.1 Å². The summed E-state index contributed by atoms with van der Waals surface area (Å²) in [7, 11) is 0. The third kappa shape index (κ3) is 3.10. The van der Waals surface area contributed by atoms with Crippen molar-refractivity contribution in [1.29, 1.82) is 0 Å². The Kier molecular flexibility index (Phi) is 4.61. The molecule has 108 valence electrons. The Labute approximate surface area is 121 Å². The van der Waals surface area contributed by atoms with Gasteiger partial charge in [0, 0.05) is 37.3 Å². The lowest BCUT2D eigenvalue weighted by Crippen LogP contribution is -2.51. The molecule has 0 bridgehead atoms. The molecule has 1 fully saturated rings. The molecule has 1 saturated heterocycles. The summed E-state index contributed by atoms with van der Waals surface area (Å²) in [6.07, 6.45) is 1.78. The molecule has 1 heterocycles.